The van der Waals surface area contributed by atoms with Crippen molar-refractivity contribution in [2.75, 3.05) is 19.6 Å². The van der Waals surface area contributed by atoms with Gasteiger partial charge < -0.3 is 10.6 Å². The Morgan fingerprint density at radius 2 is 2.15 bits per heavy atom. The number of rotatable bonds is 5. The van der Waals surface area contributed by atoms with Crippen LogP contribution >= 0.6 is 35.3 Å². The van der Waals surface area contributed by atoms with Crippen LogP contribution in [0.3, 0.4) is 0 Å². The van der Waals surface area contributed by atoms with Crippen LogP contribution in [0.15, 0.2) is 35.7 Å². The molecule has 1 fully saturated rings. The van der Waals surface area contributed by atoms with Crippen LogP contribution < -0.4 is 10.6 Å². The Balaban J connectivity index is 0.00000210. The van der Waals surface area contributed by atoms with Gasteiger partial charge in [0, 0.05) is 29.5 Å². The lowest BCUT2D eigenvalue weighted by Gasteiger charge is -2.35. The van der Waals surface area contributed by atoms with Crippen LogP contribution in [0.25, 0.3) is 0 Å². The van der Waals surface area contributed by atoms with Crippen molar-refractivity contribution in [2.24, 2.45) is 0 Å². The maximum absolute atomic E-state index is 12.5. The molecule has 2 aliphatic rings. The molecule has 0 saturated carbocycles. The molecule has 1 saturated heterocycles. The Hall–Kier alpha value is -1.11. The van der Waals surface area contributed by atoms with Crippen LogP contribution in [0.4, 0.5) is 0 Å². The number of halogens is 2. The van der Waals surface area contributed by atoms with Crippen LogP contribution in [-0.4, -0.2) is 36.5 Å². The molecule has 2 aromatic rings. The number of nitrogens with zero attached hydrogens (tertiary/aromatic N) is 1. The van der Waals surface area contributed by atoms with Crippen molar-refractivity contribution in [3.8, 4) is 0 Å². The number of benzene rings is 1. The first-order chi connectivity index (χ1) is 12.7. The normalized spacial score (nSPS) is 20.6. The van der Waals surface area contributed by atoms with Gasteiger partial charge in [0.2, 0.25) is 5.91 Å². The van der Waals surface area contributed by atoms with Gasteiger partial charge >= 0.3 is 0 Å². The number of nitrogens with one attached hydrogen (secondary N) is 2. The van der Waals surface area contributed by atoms with Gasteiger partial charge in [-0.15, -0.1) is 23.7 Å². The highest BCUT2D eigenvalue weighted by molar-refractivity contribution is 7.10. The lowest BCUT2D eigenvalue weighted by atomic mass is 10.0. The van der Waals surface area contributed by atoms with Gasteiger partial charge in [-0.25, -0.2) is 0 Å². The molecule has 146 valence electrons. The zero-order valence-corrected chi connectivity index (χ0v) is 17.5. The number of carbonyl (C=O) groups excluding carboxylic acids is 1. The Bertz CT molecular complexity index is 759. The minimum atomic E-state index is -0.0364. The molecule has 27 heavy (non-hydrogen) atoms. The molecular formula is C20H25Cl2N3OS. The number of thiophene rings is 1. The van der Waals surface area contributed by atoms with E-state index in [4.69, 9.17) is 11.6 Å². The van der Waals surface area contributed by atoms with Gasteiger partial charge in [0.1, 0.15) is 0 Å². The van der Waals surface area contributed by atoms with Crippen LogP contribution in [0.2, 0.25) is 5.02 Å². The van der Waals surface area contributed by atoms with E-state index in [0.717, 1.165) is 43.9 Å². The molecule has 1 amide bonds. The molecule has 2 unspecified atom stereocenters. The van der Waals surface area contributed by atoms with Gasteiger partial charge in [-0.1, -0.05) is 23.7 Å². The molecule has 4 rings (SSSR count). The third kappa shape index (κ3) is 4.84. The summed E-state index contributed by atoms with van der Waals surface area (Å²) in [6, 6.07) is 10.4. The first-order valence-electron chi connectivity index (χ1n) is 9.26. The van der Waals surface area contributed by atoms with E-state index in [9.17, 15) is 4.79 Å². The first kappa shape index (κ1) is 20.6. The van der Waals surface area contributed by atoms with Gasteiger partial charge in [-0.3, -0.25) is 9.69 Å². The Labute approximate surface area is 175 Å². The summed E-state index contributed by atoms with van der Waals surface area (Å²) in [7, 11) is 0. The van der Waals surface area contributed by atoms with Crippen molar-refractivity contribution in [1.82, 2.24) is 15.5 Å². The van der Waals surface area contributed by atoms with Crippen molar-refractivity contribution < 1.29 is 4.79 Å². The molecule has 1 aromatic carbocycles. The molecule has 2 aliphatic heterocycles. The average Bonchev–Trinajstić information content (AvgIpc) is 3.34. The van der Waals surface area contributed by atoms with Crippen LogP contribution in [0.1, 0.15) is 34.9 Å². The van der Waals surface area contributed by atoms with E-state index in [1.165, 1.54) is 16.0 Å². The summed E-state index contributed by atoms with van der Waals surface area (Å²) >= 11 is 7.93. The summed E-state index contributed by atoms with van der Waals surface area (Å²) in [5.74, 6) is 0.120. The van der Waals surface area contributed by atoms with E-state index < -0.39 is 0 Å². The van der Waals surface area contributed by atoms with Crippen molar-refractivity contribution in [1.29, 1.82) is 0 Å². The molecular weight excluding hydrogens is 401 g/mol. The minimum Gasteiger partial charge on any atom is -0.353 e. The SMILES string of the molecule is Cl.O=C(NCC(c1ccc(Cl)cc1)N1CCc2sccc2C1)C1CCCN1. The van der Waals surface area contributed by atoms with Crippen molar-refractivity contribution in [3.05, 3.63) is 56.7 Å². The zero-order valence-electron chi connectivity index (χ0n) is 15.1. The third-order valence-electron chi connectivity index (χ3n) is 5.38. The fraction of sp³-hybridized carbons (Fsp3) is 0.450. The molecule has 0 aliphatic carbocycles. The van der Waals surface area contributed by atoms with E-state index in [0.29, 0.717) is 6.54 Å². The second kappa shape index (κ2) is 9.39. The maximum Gasteiger partial charge on any atom is 0.237 e. The number of hydrogen-bond donors (Lipinski definition) is 2. The zero-order chi connectivity index (χ0) is 17.9. The highest BCUT2D eigenvalue weighted by Gasteiger charge is 2.28. The molecule has 4 nitrogen and oxygen atoms in total. The van der Waals surface area contributed by atoms with Gasteiger partial charge in [-0.05, 0) is 60.5 Å². The first-order valence-corrected chi connectivity index (χ1v) is 10.5. The predicted molar refractivity (Wildman–Crippen MR) is 114 cm³/mol. The van der Waals surface area contributed by atoms with Gasteiger partial charge in [0.15, 0.2) is 0 Å². The molecule has 0 radical (unpaired) electrons. The summed E-state index contributed by atoms with van der Waals surface area (Å²) in [6.45, 7) is 3.51. The van der Waals surface area contributed by atoms with Crippen LogP contribution in [0.5, 0.6) is 0 Å². The number of hydrogen-bond acceptors (Lipinski definition) is 4. The van der Waals surface area contributed by atoms with Crippen molar-refractivity contribution >= 4 is 41.3 Å². The molecule has 2 N–H and O–H groups in total. The maximum atomic E-state index is 12.5. The highest BCUT2D eigenvalue weighted by atomic mass is 35.5. The lowest BCUT2D eigenvalue weighted by molar-refractivity contribution is -0.123. The largest absolute Gasteiger partial charge is 0.353 e. The molecule has 2 atom stereocenters. The Kier molecular flexibility index (Phi) is 7.17. The molecule has 1 aromatic heterocycles. The lowest BCUT2D eigenvalue weighted by Crippen LogP contribution is -2.45. The summed E-state index contributed by atoms with van der Waals surface area (Å²) in [5, 5.41) is 9.37. The molecule has 3 heterocycles. The number of amides is 1. The standard InChI is InChI=1S/C20H24ClN3OS.ClH/c21-16-5-3-14(4-6-16)18(12-23-20(25)17-2-1-9-22-17)24-10-7-19-15(13-24)8-11-26-19;/h3-6,8,11,17-18,22H,1-2,7,9-10,12-13H2,(H,23,25);1H. The summed E-state index contributed by atoms with van der Waals surface area (Å²) < 4.78 is 0. The van der Waals surface area contributed by atoms with Gasteiger partial charge in [-0.2, -0.15) is 0 Å². The number of fused-ring (bicyclic) bond motifs is 1. The molecule has 0 spiro atoms. The smallest absolute Gasteiger partial charge is 0.237 e. The van der Waals surface area contributed by atoms with Crippen molar-refractivity contribution in [2.45, 2.75) is 37.9 Å². The molecule has 0 bridgehead atoms. The van der Waals surface area contributed by atoms with E-state index in [1.807, 2.05) is 23.5 Å². The third-order valence-corrected chi connectivity index (χ3v) is 6.65. The second-order valence-electron chi connectivity index (χ2n) is 7.05. The topological polar surface area (TPSA) is 44.4 Å². The average molecular weight is 426 g/mol. The van der Waals surface area contributed by atoms with Crippen LogP contribution in [0, 0.1) is 0 Å². The predicted octanol–water partition coefficient (Wildman–Crippen LogP) is 3.79. The summed E-state index contributed by atoms with van der Waals surface area (Å²) in [6.07, 6.45) is 3.08. The van der Waals surface area contributed by atoms with E-state index >= 15 is 0 Å². The molecule has 7 heteroatoms. The Morgan fingerprint density at radius 3 is 2.89 bits per heavy atom. The van der Waals surface area contributed by atoms with E-state index in [1.54, 1.807) is 0 Å². The summed E-state index contributed by atoms with van der Waals surface area (Å²) in [4.78, 5) is 16.4. The second-order valence-corrected chi connectivity index (χ2v) is 8.49. The van der Waals surface area contributed by atoms with Crippen molar-refractivity contribution in [3.63, 3.8) is 0 Å². The minimum absolute atomic E-state index is 0. The quantitative estimate of drug-likeness (QED) is 0.765. The van der Waals surface area contributed by atoms with Gasteiger partial charge in [0.05, 0.1) is 12.1 Å². The summed E-state index contributed by atoms with van der Waals surface area (Å²) in [5.41, 5.74) is 2.62. The monoisotopic (exact) mass is 425 g/mol. The van der Waals surface area contributed by atoms with Crippen LogP contribution in [-0.2, 0) is 17.8 Å². The van der Waals surface area contributed by atoms with E-state index in [2.05, 4.69) is 39.1 Å². The fourth-order valence-electron chi connectivity index (χ4n) is 3.91. The Morgan fingerprint density at radius 1 is 1.33 bits per heavy atom. The number of carbonyl (C=O) groups is 1. The van der Waals surface area contributed by atoms with E-state index in [-0.39, 0.29) is 30.4 Å². The van der Waals surface area contributed by atoms with Gasteiger partial charge in [0.25, 0.3) is 0 Å². The fourth-order valence-corrected chi connectivity index (χ4v) is 4.92. The highest BCUT2D eigenvalue weighted by Crippen LogP contribution is 2.30.